The maximum Gasteiger partial charge on any atom is 0.469 e. The van der Waals surface area contributed by atoms with Crippen LogP contribution in [0.4, 0.5) is 5.82 Å². The van der Waals surface area contributed by atoms with E-state index in [1.165, 1.54) is 17.2 Å². The van der Waals surface area contributed by atoms with Gasteiger partial charge in [-0.1, -0.05) is 0 Å². The Morgan fingerprint density at radius 3 is 2.74 bits per heavy atom. The van der Waals surface area contributed by atoms with Crippen molar-refractivity contribution >= 4 is 24.8 Å². The fourth-order valence-electron chi connectivity index (χ4n) is 2.32. The predicted molar refractivity (Wildman–Crippen MR) is 73.7 cm³/mol. The summed E-state index contributed by atoms with van der Waals surface area (Å²) in [6.07, 6.45) is -2.49. The third-order valence-corrected chi connectivity index (χ3v) is 3.89. The number of aliphatic hydroxyl groups is 2. The number of phosphoric ester groups is 1. The summed E-state index contributed by atoms with van der Waals surface area (Å²) < 4.78 is 21.8. The van der Waals surface area contributed by atoms with Crippen LogP contribution >= 0.6 is 7.82 Å². The number of imidazole rings is 1. The lowest BCUT2D eigenvalue weighted by Gasteiger charge is -2.16. The van der Waals surface area contributed by atoms with E-state index >= 15 is 0 Å². The highest BCUT2D eigenvalue weighted by Crippen LogP contribution is 2.38. The molecule has 1 aliphatic rings. The summed E-state index contributed by atoms with van der Waals surface area (Å²) >= 11 is 0. The molecule has 2 aromatic rings. The number of nitrogen functional groups attached to an aromatic ring is 1. The molecule has 1 aliphatic heterocycles. The van der Waals surface area contributed by atoms with Crippen LogP contribution in [-0.4, -0.2) is 64.4 Å². The van der Waals surface area contributed by atoms with E-state index in [0.717, 1.165) is 0 Å². The molecular weight excluding hydrogens is 338 g/mol. The number of fused-ring (bicyclic) bond motifs is 1. The molecule has 12 nitrogen and oxygen atoms in total. The second kappa shape index (κ2) is 5.76. The molecule has 126 valence electrons. The Morgan fingerprint density at radius 1 is 1.30 bits per heavy atom. The van der Waals surface area contributed by atoms with Crippen LogP contribution in [0.15, 0.2) is 12.7 Å². The second-order valence-corrected chi connectivity index (χ2v) is 6.15. The lowest BCUT2D eigenvalue weighted by molar-refractivity contribution is -0.0504. The van der Waals surface area contributed by atoms with Gasteiger partial charge in [-0.15, -0.1) is 0 Å². The van der Waals surface area contributed by atoms with Gasteiger partial charge in [-0.25, -0.2) is 19.5 Å². The van der Waals surface area contributed by atoms with Crippen molar-refractivity contribution in [2.24, 2.45) is 0 Å². The fourth-order valence-corrected chi connectivity index (χ4v) is 2.66. The maximum absolute atomic E-state index is 10.7. The van der Waals surface area contributed by atoms with Gasteiger partial charge in [0.2, 0.25) is 0 Å². The van der Waals surface area contributed by atoms with E-state index in [4.69, 9.17) is 20.3 Å². The van der Waals surface area contributed by atoms with Gasteiger partial charge in [-0.05, 0) is 0 Å². The number of aliphatic hydroxyl groups excluding tert-OH is 2. The fraction of sp³-hybridized carbons (Fsp3) is 0.500. The molecule has 23 heavy (non-hydrogen) atoms. The average molecular weight is 352 g/mol. The Bertz CT molecular complexity index is 763. The first-order valence-electron chi connectivity index (χ1n) is 6.42. The molecule has 3 heterocycles. The van der Waals surface area contributed by atoms with E-state index in [-0.39, 0.29) is 11.5 Å². The first-order chi connectivity index (χ1) is 10.8. The topological polar surface area (TPSA) is 186 Å². The van der Waals surface area contributed by atoms with Crippen LogP contribution in [0.2, 0.25) is 0 Å². The van der Waals surface area contributed by atoms with Crippen molar-refractivity contribution in [1.82, 2.24) is 19.5 Å². The molecule has 13 heteroatoms. The number of hydrogen-bond acceptors (Lipinski definition) is 9. The van der Waals surface area contributed by atoms with Crippen molar-refractivity contribution in [3.8, 4) is 0 Å². The van der Waals surface area contributed by atoms with Crippen LogP contribution in [-0.2, 0) is 13.8 Å². The first-order valence-corrected chi connectivity index (χ1v) is 7.95. The molecule has 0 spiro atoms. The van der Waals surface area contributed by atoms with E-state index in [2.05, 4.69) is 19.5 Å². The number of hydrogen-bond donors (Lipinski definition) is 5. The Morgan fingerprint density at radius 2 is 2.04 bits per heavy atom. The van der Waals surface area contributed by atoms with Crippen LogP contribution in [0.1, 0.15) is 6.23 Å². The minimum absolute atomic E-state index is 0.142. The minimum atomic E-state index is -4.72. The largest absolute Gasteiger partial charge is 0.469 e. The summed E-state index contributed by atoms with van der Waals surface area (Å²) in [5, 5.41) is 20.1. The number of nitrogens with two attached hydrogens (primary N) is 1. The highest BCUT2D eigenvalue weighted by atomic mass is 31.2. The van der Waals surface area contributed by atoms with Crippen LogP contribution in [0.3, 0.4) is 0 Å². The molecule has 1 saturated heterocycles. The third kappa shape index (κ3) is 3.05. The molecule has 0 bridgehead atoms. The van der Waals surface area contributed by atoms with Crippen molar-refractivity contribution in [3.63, 3.8) is 0 Å². The molecule has 0 unspecified atom stereocenters. The number of aromatic nitrogens is 4. The Balaban J connectivity index is 1.85. The van der Waals surface area contributed by atoms with Gasteiger partial charge >= 0.3 is 7.82 Å². The van der Waals surface area contributed by atoms with Crippen molar-refractivity contribution < 1.29 is 33.8 Å². The van der Waals surface area contributed by atoms with Gasteiger partial charge in [0.1, 0.15) is 30.2 Å². The summed E-state index contributed by atoms with van der Waals surface area (Å²) in [5.74, 6) is 0.142. The number of nitrogens with zero attached hydrogens (tertiary/aromatic N) is 4. The monoisotopic (exact) mass is 352 g/mol. The van der Waals surface area contributed by atoms with Gasteiger partial charge in [0.25, 0.3) is 0 Å². The van der Waals surface area contributed by atoms with Gasteiger partial charge in [0.15, 0.2) is 17.7 Å². The molecular formula is C10H14N5O7P. The second-order valence-electron chi connectivity index (χ2n) is 4.92. The van der Waals surface area contributed by atoms with Gasteiger partial charge in [0.05, 0.1) is 12.9 Å². The van der Waals surface area contributed by atoms with Crippen molar-refractivity contribution in [2.75, 3.05) is 12.3 Å². The average Bonchev–Trinajstić information content (AvgIpc) is 3.01. The normalized spacial score (nSPS) is 28.5. The zero-order valence-corrected chi connectivity index (χ0v) is 12.4. The first kappa shape index (κ1) is 16.2. The lowest BCUT2D eigenvalue weighted by atomic mass is 10.1. The Hall–Kier alpha value is -1.66. The molecule has 4 atom stereocenters. The number of phosphoric acid groups is 1. The van der Waals surface area contributed by atoms with Gasteiger partial charge in [-0.3, -0.25) is 9.09 Å². The molecule has 6 N–H and O–H groups in total. The van der Waals surface area contributed by atoms with E-state index in [1.54, 1.807) is 0 Å². The van der Waals surface area contributed by atoms with Gasteiger partial charge in [0, 0.05) is 0 Å². The van der Waals surface area contributed by atoms with Crippen molar-refractivity contribution in [1.29, 1.82) is 0 Å². The molecule has 3 rings (SSSR count). The lowest BCUT2D eigenvalue weighted by Crippen LogP contribution is -2.33. The standard InChI is InChI=1S/C10H14N5O7P/c11-8-5-9(13-2-12-8)15(3-14-5)10-7(17)6(16)4(22-10)1-21-23(18,19)20/h2-4,6-7,10,16-17H,1H2,(H2,11,12,13)(H2,18,19,20)/t4-,6+,7-,10-/m1/s1/i11+1,12+1,13+1,14+1,15+1. The third-order valence-electron chi connectivity index (χ3n) is 3.41. The minimum Gasteiger partial charge on any atom is -0.387 e. The highest BCUT2D eigenvalue weighted by molar-refractivity contribution is 7.46. The number of rotatable bonds is 4. The molecule has 0 radical (unpaired) electrons. The van der Waals surface area contributed by atoms with Crippen LogP contribution in [0.5, 0.6) is 0 Å². The molecule has 0 aromatic carbocycles. The highest BCUT2D eigenvalue weighted by Gasteiger charge is 2.45. The maximum atomic E-state index is 10.7. The summed E-state index contributed by atoms with van der Waals surface area (Å²) in [4.78, 5) is 29.2. The summed E-state index contributed by atoms with van der Waals surface area (Å²) in [6, 6.07) is 0. The molecule has 0 aliphatic carbocycles. The van der Waals surface area contributed by atoms with E-state index in [0.29, 0.717) is 5.52 Å². The molecule has 0 saturated carbocycles. The predicted octanol–water partition coefficient (Wildman–Crippen LogP) is -1.86. The van der Waals surface area contributed by atoms with Gasteiger partial charge < -0.3 is 30.5 Å². The van der Waals surface area contributed by atoms with E-state index in [1.807, 2.05) is 0 Å². The van der Waals surface area contributed by atoms with E-state index < -0.39 is 39.0 Å². The summed E-state index contributed by atoms with van der Waals surface area (Å²) in [7, 11) is -4.72. The van der Waals surface area contributed by atoms with Crippen LogP contribution in [0, 0.1) is 0 Å². The van der Waals surface area contributed by atoms with Crippen molar-refractivity contribution in [3.05, 3.63) is 12.7 Å². The van der Waals surface area contributed by atoms with Crippen LogP contribution < -0.4 is 5.73 Å². The number of ether oxygens (including phenoxy) is 1. The zero-order chi connectivity index (χ0) is 16.8. The zero-order valence-electron chi connectivity index (χ0n) is 11.5. The van der Waals surface area contributed by atoms with E-state index in [9.17, 15) is 14.8 Å². The van der Waals surface area contributed by atoms with Gasteiger partial charge in [-0.2, -0.15) is 0 Å². The van der Waals surface area contributed by atoms with Crippen molar-refractivity contribution in [2.45, 2.75) is 24.5 Å². The Kier molecular flexibility index (Phi) is 4.06. The summed E-state index contributed by atoms with van der Waals surface area (Å²) in [6.45, 7) is -0.594. The Labute approximate surface area is 128 Å². The van der Waals surface area contributed by atoms with Crippen LogP contribution in [0.25, 0.3) is 11.2 Å². The SMILES string of the molecule is [15NH2]c1[15n]c[15n]c2c1[15n]c[15n]2[C@@H]1O[C@H](COP(=O)(O)O)[C@H](O)[C@H]1O. The smallest absolute Gasteiger partial charge is 0.387 e. The summed E-state index contributed by atoms with van der Waals surface area (Å²) in [5.41, 5.74) is 6.25. The molecule has 1 fully saturated rings. The molecule has 2 aromatic heterocycles. The molecule has 0 amide bonds. The quantitative estimate of drug-likeness (QED) is 0.307. The number of anilines is 1.